The van der Waals surface area contributed by atoms with Crippen molar-refractivity contribution >= 4 is 27.3 Å². The molecule has 9 heteroatoms. The third kappa shape index (κ3) is 4.30. The van der Waals surface area contributed by atoms with Gasteiger partial charge in [-0.3, -0.25) is 14.5 Å². The van der Waals surface area contributed by atoms with E-state index in [-0.39, 0.29) is 10.8 Å². The highest BCUT2D eigenvalue weighted by molar-refractivity contribution is 7.92. The van der Waals surface area contributed by atoms with Gasteiger partial charge >= 0.3 is 0 Å². The van der Waals surface area contributed by atoms with Crippen LogP contribution in [-0.4, -0.2) is 32.5 Å². The number of anilines is 2. The molecule has 0 atom stereocenters. The van der Waals surface area contributed by atoms with Crippen LogP contribution in [0.15, 0.2) is 71.9 Å². The van der Waals surface area contributed by atoms with Crippen LogP contribution in [0.1, 0.15) is 10.4 Å². The summed E-state index contributed by atoms with van der Waals surface area (Å²) in [5.74, 6) is 0.634. The van der Waals surface area contributed by atoms with Gasteiger partial charge in [0.2, 0.25) is 0 Å². The zero-order chi connectivity index (χ0) is 20.3. The molecular weight excluding hydrogens is 394 g/mol. The van der Waals surface area contributed by atoms with Crippen molar-refractivity contribution in [2.45, 2.75) is 4.90 Å². The first kappa shape index (κ1) is 18.8. The lowest BCUT2D eigenvalue weighted by molar-refractivity contribution is 0.102. The van der Waals surface area contributed by atoms with Crippen LogP contribution < -0.4 is 19.5 Å². The van der Waals surface area contributed by atoms with Crippen LogP contribution in [0.25, 0.3) is 0 Å². The van der Waals surface area contributed by atoms with Crippen molar-refractivity contribution in [3.8, 4) is 11.5 Å². The number of hydrogen-bond donors (Lipinski definition) is 2. The molecule has 1 aliphatic rings. The van der Waals surface area contributed by atoms with E-state index in [1.165, 1.54) is 24.5 Å². The summed E-state index contributed by atoms with van der Waals surface area (Å²) in [7, 11) is -3.81. The molecule has 8 nitrogen and oxygen atoms in total. The van der Waals surface area contributed by atoms with Crippen molar-refractivity contribution in [2.75, 3.05) is 23.3 Å². The molecule has 1 amide bonds. The van der Waals surface area contributed by atoms with Crippen LogP contribution in [0.5, 0.6) is 11.5 Å². The van der Waals surface area contributed by atoms with Gasteiger partial charge in [0.25, 0.3) is 15.9 Å². The van der Waals surface area contributed by atoms with Gasteiger partial charge in [0.05, 0.1) is 4.90 Å². The zero-order valence-electron chi connectivity index (χ0n) is 15.2. The van der Waals surface area contributed by atoms with Crippen molar-refractivity contribution < 1.29 is 22.7 Å². The van der Waals surface area contributed by atoms with Crippen molar-refractivity contribution in [2.24, 2.45) is 0 Å². The minimum atomic E-state index is -3.81. The number of sulfonamides is 1. The second-order valence-electron chi connectivity index (χ2n) is 6.18. The lowest BCUT2D eigenvalue weighted by Crippen LogP contribution is -2.17. The van der Waals surface area contributed by atoms with Gasteiger partial charge in [0, 0.05) is 35.4 Å². The first-order valence-corrected chi connectivity index (χ1v) is 10.2. The quantitative estimate of drug-likeness (QED) is 0.669. The second kappa shape index (κ2) is 7.80. The maximum absolute atomic E-state index is 12.7. The van der Waals surface area contributed by atoms with E-state index in [0.29, 0.717) is 41.7 Å². The highest BCUT2D eigenvalue weighted by Crippen LogP contribution is 2.32. The van der Waals surface area contributed by atoms with E-state index in [2.05, 4.69) is 15.0 Å². The number of nitrogens with one attached hydrogen (secondary N) is 2. The van der Waals surface area contributed by atoms with Gasteiger partial charge < -0.3 is 14.8 Å². The summed E-state index contributed by atoms with van der Waals surface area (Å²) in [5, 5.41) is 2.74. The summed E-state index contributed by atoms with van der Waals surface area (Å²) in [6, 6.07) is 14.0. The number of ether oxygens (including phenoxy) is 2. The Bertz CT molecular complexity index is 1130. The van der Waals surface area contributed by atoms with Gasteiger partial charge in [-0.2, -0.15) is 0 Å². The first-order chi connectivity index (χ1) is 14.0. The molecule has 0 unspecified atom stereocenters. The number of amides is 1. The molecule has 1 aliphatic heterocycles. The Morgan fingerprint density at radius 3 is 2.24 bits per heavy atom. The molecule has 29 heavy (non-hydrogen) atoms. The molecule has 148 valence electrons. The smallest absolute Gasteiger partial charge is 0.262 e. The van der Waals surface area contributed by atoms with Crippen molar-refractivity contribution in [3.05, 3.63) is 72.6 Å². The normalized spacial score (nSPS) is 12.8. The van der Waals surface area contributed by atoms with Crippen LogP contribution in [-0.2, 0) is 10.0 Å². The number of carbonyl (C=O) groups excluding carboxylic acids is 1. The van der Waals surface area contributed by atoms with Gasteiger partial charge in [-0.15, -0.1) is 0 Å². The fourth-order valence-corrected chi connectivity index (χ4v) is 3.81. The summed E-state index contributed by atoms with van der Waals surface area (Å²) in [6.45, 7) is 0.804. The highest BCUT2D eigenvalue weighted by atomic mass is 32.2. The summed E-state index contributed by atoms with van der Waals surface area (Å²) in [5.41, 5.74) is 1.37. The van der Waals surface area contributed by atoms with Gasteiger partial charge in [-0.05, 0) is 48.5 Å². The molecule has 0 aliphatic carbocycles. The maximum atomic E-state index is 12.7. The summed E-state index contributed by atoms with van der Waals surface area (Å²) in [4.78, 5) is 16.1. The van der Waals surface area contributed by atoms with E-state index in [0.717, 1.165) is 0 Å². The molecule has 1 aromatic heterocycles. The Kier molecular flexibility index (Phi) is 5.05. The Balaban J connectivity index is 1.46. The fourth-order valence-electron chi connectivity index (χ4n) is 2.73. The molecular formula is C20H17N3O5S. The molecule has 0 spiro atoms. The number of rotatable bonds is 5. The van der Waals surface area contributed by atoms with Crippen LogP contribution in [0.2, 0.25) is 0 Å². The topological polar surface area (TPSA) is 107 Å². The largest absolute Gasteiger partial charge is 0.486 e. The Labute approximate surface area is 167 Å². The summed E-state index contributed by atoms with van der Waals surface area (Å²) >= 11 is 0. The van der Waals surface area contributed by atoms with Crippen LogP contribution in [0.3, 0.4) is 0 Å². The summed E-state index contributed by atoms with van der Waals surface area (Å²) < 4.78 is 38.7. The maximum Gasteiger partial charge on any atom is 0.262 e. The van der Waals surface area contributed by atoms with E-state index in [1.54, 1.807) is 42.5 Å². The van der Waals surface area contributed by atoms with Crippen molar-refractivity contribution in [3.63, 3.8) is 0 Å². The van der Waals surface area contributed by atoms with E-state index in [9.17, 15) is 13.2 Å². The molecule has 0 radical (unpaired) electrons. The van der Waals surface area contributed by atoms with Gasteiger partial charge in [0.15, 0.2) is 11.5 Å². The number of carbonyl (C=O) groups is 1. The monoisotopic (exact) mass is 411 g/mol. The second-order valence-corrected chi connectivity index (χ2v) is 7.86. The number of fused-ring (bicyclic) bond motifs is 1. The van der Waals surface area contributed by atoms with E-state index in [1.807, 2.05) is 0 Å². The molecule has 2 aromatic carbocycles. The van der Waals surface area contributed by atoms with E-state index >= 15 is 0 Å². The average Bonchev–Trinajstić information content (AvgIpc) is 2.75. The minimum absolute atomic E-state index is 0.0665. The standard InChI is InChI=1S/C20H17N3O5S/c24-20(14-7-9-21-10-8-14)22-15-1-3-16(4-2-15)23-29(25,26)17-5-6-18-19(13-17)28-12-11-27-18/h1-10,13,23H,11-12H2,(H,22,24). The average molecular weight is 411 g/mol. The van der Waals surface area contributed by atoms with Gasteiger partial charge in [0.1, 0.15) is 13.2 Å². The SMILES string of the molecule is O=C(Nc1ccc(NS(=O)(=O)c2ccc3c(c2)OCCO3)cc1)c1ccncc1. The van der Waals surface area contributed by atoms with Crippen LogP contribution >= 0.6 is 0 Å². The van der Waals surface area contributed by atoms with Gasteiger partial charge in [-0.1, -0.05) is 0 Å². The molecule has 0 saturated heterocycles. The van der Waals surface area contributed by atoms with E-state index < -0.39 is 10.0 Å². The molecule has 0 fully saturated rings. The zero-order valence-corrected chi connectivity index (χ0v) is 16.0. The highest BCUT2D eigenvalue weighted by Gasteiger charge is 2.19. The third-order valence-electron chi connectivity index (χ3n) is 4.16. The number of hydrogen-bond acceptors (Lipinski definition) is 6. The Morgan fingerprint density at radius 1 is 0.862 bits per heavy atom. The molecule has 0 saturated carbocycles. The van der Waals surface area contributed by atoms with Gasteiger partial charge in [-0.25, -0.2) is 8.42 Å². The predicted molar refractivity (Wildman–Crippen MR) is 107 cm³/mol. The minimum Gasteiger partial charge on any atom is -0.486 e. The lowest BCUT2D eigenvalue weighted by Gasteiger charge is -2.19. The molecule has 3 aromatic rings. The van der Waals surface area contributed by atoms with Crippen LogP contribution in [0, 0.1) is 0 Å². The summed E-state index contributed by atoms with van der Waals surface area (Å²) in [6.07, 6.45) is 3.06. The number of benzene rings is 2. The molecule has 4 rings (SSSR count). The van der Waals surface area contributed by atoms with E-state index in [4.69, 9.17) is 9.47 Å². The molecule has 0 bridgehead atoms. The van der Waals surface area contributed by atoms with Crippen molar-refractivity contribution in [1.29, 1.82) is 0 Å². The number of pyridine rings is 1. The number of aromatic nitrogens is 1. The first-order valence-electron chi connectivity index (χ1n) is 8.75. The Morgan fingerprint density at radius 2 is 1.52 bits per heavy atom. The third-order valence-corrected chi connectivity index (χ3v) is 5.54. The fraction of sp³-hybridized carbons (Fsp3) is 0.100. The van der Waals surface area contributed by atoms with Crippen molar-refractivity contribution in [1.82, 2.24) is 4.98 Å². The van der Waals surface area contributed by atoms with Crippen LogP contribution in [0.4, 0.5) is 11.4 Å². The number of nitrogens with zero attached hydrogens (tertiary/aromatic N) is 1. The molecule has 2 N–H and O–H groups in total. The predicted octanol–water partition coefficient (Wildman–Crippen LogP) is 2.91. The lowest BCUT2D eigenvalue weighted by atomic mass is 10.2. The Hall–Kier alpha value is -3.59. The molecule has 2 heterocycles.